The van der Waals surface area contributed by atoms with Gasteiger partial charge in [0, 0.05) is 13.1 Å². The van der Waals surface area contributed by atoms with Gasteiger partial charge in [-0.05, 0) is 26.8 Å². The highest BCUT2D eigenvalue weighted by Crippen LogP contribution is 2.20. The fourth-order valence-corrected chi connectivity index (χ4v) is 2.02. The second-order valence-electron chi connectivity index (χ2n) is 5.10. The summed E-state index contributed by atoms with van der Waals surface area (Å²) in [6.45, 7) is 7.20. The molecule has 1 rings (SSSR count). The van der Waals surface area contributed by atoms with Crippen molar-refractivity contribution in [3.63, 3.8) is 0 Å². The average Bonchev–Trinajstić information content (AvgIpc) is 2.36. The SMILES string of the molecule is CCCCN1CC(C(=O)O)CNC(=O)C1(C)C. The minimum absolute atomic E-state index is 0.0858. The Bertz CT molecular complexity index is 302. The third-order valence-corrected chi connectivity index (χ3v) is 3.43. The maximum atomic E-state index is 11.9. The number of amides is 1. The molecule has 17 heavy (non-hydrogen) atoms. The van der Waals surface area contributed by atoms with Crippen molar-refractivity contribution in [2.45, 2.75) is 39.2 Å². The Kier molecular flexibility index (Phi) is 4.51. The molecule has 5 nitrogen and oxygen atoms in total. The van der Waals surface area contributed by atoms with Crippen LogP contribution in [0.4, 0.5) is 0 Å². The summed E-state index contributed by atoms with van der Waals surface area (Å²) >= 11 is 0. The number of carbonyl (C=O) groups excluding carboxylic acids is 1. The molecule has 1 fully saturated rings. The van der Waals surface area contributed by atoms with Crippen LogP contribution in [0.1, 0.15) is 33.6 Å². The average molecular weight is 242 g/mol. The maximum Gasteiger partial charge on any atom is 0.309 e. The van der Waals surface area contributed by atoms with Crippen LogP contribution in [0.25, 0.3) is 0 Å². The Morgan fingerprint density at radius 1 is 1.59 bits per heavy atom. The van der Waals surface area contributed by atoms with Gasteiger partial charge in [0.2, 0.25) is 5.91 Å². The van der Waals surface area contributed by atoms with Crippen molar-refractivity contribution in [1.82, 2.24) is 10.2 Å². The molecule has 1 heterocycles. The molecule has 1 saturated heterocycles. The number of rotatable bonds is 4. The predicted molar refractivity (Wildman–Crippen MR) is 64.7 cm³/mol. The predicted octanol–water partition coefficient (Wildman–Crippen LogP) is 0.698. The molecule has 1 aliphatic heterocycles. The molecule has 0 aliphatic carbocycles. The van der Waals surface area contributed by atoms with Crippen LogP contribution in [-0.4, -0.2) is 47.1 Å². The Morgan fingerprint density at radius 3 is 2.76 bits per heavy atom. The van der Waals surface area contributed by atoms with E-state index in [-0.39, 0.29) is 12.5 Å². The van der Waals surface area contributed by atoms with E-state index < -0.39 is 17.4 Å². The Morgan fingerprint density at radius 2 is 2.24 bits per heavy atom. The zero-order valence-electron chi connectivity index (χ0n) is 10.8. The van der Waals surface area contributed by atoms with Gasteiger partial charge in [0.05, 0.1) is 11.5 Å². The fraction of sp³-hybridized carbons (Fsp3) is 0.833. The first-order chi connectivity index (χ1) is 7.89. The van der Waals surface area contributed by atoms with Gasteiger partial charge < -0.3 is 10.4 Å². The molecule has 0 aromatic carbocycles. The topological polar surface area (TPSA) is 69.6 Å². The van der Waals surface area contributed by atoms with E-state index >= 15 is 0 Å². The number of hydrogen-bond acceptors (Lipinski definition) is 3. The minimum atomic E-state index is -0.843. The normalized spacial score (nSPS) is 25.1. The van der Waals surface area contributed by atoms with E-state index in [2.05, 4.69) is 12.2 Å². The van der Waals surface area contributed by atoms with E-state index in [1.165, 1.54) is 0 Å². The molecule has 0 radical (unpaired) electrons. The molecule has 0 spiro atoms. The van der Waals surface area contributed by atoms with Crippen molar-refractivity contribution >= 4 is 11.9 Å². The van der Waals surface area contributed by atoms with Gasteiger partial charge in [0.25, 0.3) is 0 Å². The molecular formula is C12H22N2O3. The molecule has 2 N–H and O–H groups in total. The summed E-state index contributed by atoms with van der Waals surface area (Å²) in [5.74, 6) is -1.44. The van der Waals surface area contributed by atoms with Crippen LogP contribution in [0.2, 0.25) is 0 Å². The lowest BCUT2D eigenvalue weighted by atomic mass is 10.0. The van der Waals surface area contributed by atoms with E-state index in [0.29, 0.717) is 6.54 Å². The van der Waals surface area contributed by atoms with Gasteiger partial charge >= 0.3 is 5.97 Å². The molecule has 0 aromatic rings. The number of hydrogen-bond donors (Lipinski definition) is 2. The summed E-state index contributed by atoms with van der Waals surface area (Å²) in [6.07, 6.45) is 2.01. The third-order valence-electron chi connectivity index (χ3n) is 3.43. The van der Waals surface area contributed by atoms with E-state index in [1.807, 2.05) is 18.7 Å². The lowest BCUT2D eigenvalue weighted by Gasteiger charge is -2.35. The van der Waals surface area contributed by atoms with Gasteiger partial charge in [0.15, 0.2) is 0 Å². The highest BCUT2D eigenvalue weighted by molar-refractivity contribution is 5.86. The van der Waals surface area contributed by atoms with Crippen LogP contribution >= 0.6 is 0 Å². The van der Waals surface area contributed by atoms with Crippen LogP contribution in [0.3, 0.4) is 0 Å². The van der Waals surface area contributed by atoms with Gasteiger partial charge in [-0.25, -0.2) is 0 Å². The number of unbranched alkanes of at least 4 members (excludes halogenated alkanes) is 1. The number of carbonyl (C=O) groups is 2. The lowest BCUT2D eigenvalue weighted by molar-refractivity contribution is -0.142. The van der Waals surface area contributed by atoms with Crippen LogP contribution < -0.4 is 5.32 Å². The summed E-state index contributed by atoms with van der Waals surface area (Å²) in [7, 11) is 0. The first-order valence-corrected chi connectivity index (χ1v) is 6.15. The van der Waals surface area contributed by atoms with Gasteiger partial charge in [-0.3, -0.25) is 14.5 Å². The van der Waals surface area contributed by atoms with Crippen LogP contribution in [0.5, 0.6) is 0 Å². The standard InChI is InChI=1S/C12H22N2O3/c1-4-5-6-14-8-9(10(15)16)7-13-11(17)12(14,2)3/h9H,4-8H2,1-3H3,(H,13,17)(H,15,16). The van der Waals surface area contributed by atoms with E-state index in [4.69, 9.17) is 5.11 Å². The summed E-state index contributed by atoms with van der Waals surface area (Å²) in [5, 5.41) is 11.8. The van der Waals surface area contributed by atoms with Crippen LogP contribution in [0.15, 0.2) is 0 Å². The molecule has 1 atom stereocenters. The number of nitrogens with one attached hydrogen (secondary N) is 1. The molecular weight excluding hydrogens is 220 g/mol. The second kappa shape index (κ2) is 5.49. The smallest absolute Gasteiger partial charge is 0.309 e. The van der Waals surface area contributed by atoms with Crippen molar-refractivity contribution in [1.29, 1.82) is 0 Å². The van der Waals surface area contributed by atoms with Gasteiger partial charge in [-0.2, -0.15) is 0 Å². The first-order valence-electron chi connectivity index (χ1n) is 6.15. The molecule has 1 unspecified atom stereocenters. The quantitative estimate of drug-likeness (QED) is 0.761. The molecule has 0 bridgehead atoms. The first kappa shape index (κ1) is 14.0. The largest absolute Gasteiger partial charge is 0.481 e. The Hall–Kier alpha value is -1.10. The van der Waals surface area contributed by atoms with Crippen molar-refractivity contribution in [2.24, 2.45) is 5.92 Å². The summed E-state index contributed by atoms with van der Waals surface area (Å²) in [6, 6.07) is 0. The number of nitrogens with zero attached hydrogens (tertiary/aromatic N) is 1. The molecule has 0 saturated carbocycles. The Labute approximate surface area is 102 Å². The van der Waals surface area contributed by atoms with Crippen LogP contribution in [0, 0.1) is 5.92 Å². The molecule has 0 aromatic heterocycles. The van der Waals surface area contributed by atoms with Crippen molar-refractivity contribution in [3.8, 4) is 0 Å². The van der Waals surface area contributed by atoms with Crippen molar-refractivity contribution < 1.29 is 14.7 Å². The van der Waals surface area contributed by atoms with E-state index in [1.54, 1.807) is 0 Å². The van der Waals surface area contributed by atoms with Crippen LogP contribution in [-0.2, 0) is 9.59 Å². The zero-order valence-corrected chi connectivity index (χ0v) is 10.8. The minimum Gasteiger partial charge on any atom is -0.481 e. The summed E-state index contributed by atoms with van der Waals surface area (Å²) in [5.41, 5.74) is -0.626. The zero-order chi connectivity index (χ0) is 13.1. The van der Waals surface area contributed by atoms with Gasteiger partial charge in [-0.15, -0.1) is 0 Å². The molecule has 1 amide bonds. The highest BCUT2D eigenvalue weighted by atomic mass is 16.4. The second-order valence-corrected chi connectivity index (χ2v) is 5.10. The molecule has 5 heteroatoms. The Balaban J connectivity index is 2.84. The monoisotopic (exact) mass is 242 g/mol. The third kappa shape index (κ3) is 3.19. The maximum absolute atomic E-state index is 11.9. The molecule has 98 valence electrons. The van der Waals surface area contributed by atoms with E-state index in [0.717, 1.165) is 19.4 Å². The number of carboxylic acid groups (broad SMARTS) is 1. The van der Waals surface area contributed by atoms with E-state index in [9.17, 15) is 9.59 Å². The summed E-state index contributed by atoms with van der Waals surface area (Å²) in [4.78, 5) is 25.0. The number of carboxylic acids is 1. The highest BCUT2D eigenvalue weighted by Gasteiger charge is 2.39. The van der Waals surface area contributed by atoms with Crippen molar-refractivity contribution in [2.75, 3.05) is 19.6 Å². The van der Waals surface area contributed by atoms with Gasteiger partial charge in [-0.1, -0.05) is 13.3 Å². The fourth-order valence-electron chi connectivity index (χ4n) is 2.02. The van der Waals surface area contributed by atoms with Gasteiger partial charge in [0.1, 0.15) is 0 Å². The summed E-state index contributed by atoms with van der Waals surface area (Å²) < 4.78 is 0. The van der Waals surface area contributed by atoms with Crippen molar-refractivity contribution in [3.05, 3.63) is 0 Å². The number of aliphatic carboxylic acids is 1. The lowest BCUT2D eigenvalue weighted by Crippen LogP contribution is -2.53. The molecule has 1 aliphatic rings.